The summed E-state index contributed by atoms with van der Waals surface area (Å²) in [5, 5.41) is 5.97. The molecule has 0 saturated carbocycles. The van der Waals surface area contributed by atoms with Crippen molar-refractivity contribution in [1.82, 2.24) is 10.6 Å². The second-order valence-electron chi connectivity index (χ2n) is 6.01. The molecule has 24 heavy (non-hydrogen) atoms. The third-order valence-electron chi connectivity index (χ3n) is 4.42. The maximum Gasteiger partial charge on any atom is 0.241 e. The Hall–Kier alpha value is -0.760. The minimum atomic E-state index is -3.47. The van der Waals surface area contributed by atoms with E-state index in [0.717, 1.165) is 22.3 Å². The smallest absolute Gasteiger partial charge is 0.241 e. The molecule has 1 aliphatic rings. The van der Waals surface area contributed by atoms with Crippen LogP contribution >= 0.6 is 24.2 Å². The topological polar surface area (TPSA) is 75.3 Å². The van der Waals surface area contributed by atoms with E-state index in [4.69, 9.17) is 0 Å². The minimum Gasteiger partial charge on any atom is -0.351 e. The lowest BCUT2D eigenvalue weighted by Crippen LogP contribution is -2.57. The monoisotopic (exact) mass is 392 g/mol. The Morgan fingerprint density at radius 2 is 1.96 bits per heavy atom. The van der Waals surface area contributed by atoms with Gasteiger partial charge in [0.2, 0.25) is 5.91 Å². The fourth-order valence-corrected chi connectivity index (χ4v) is 4.99. The normalized spacial score (nSPS) is 17.0. The van der Waals surface area contributed by atoms with E-state index in [1.165, 1.54) is 0 Å². The summed E-state index contributed by atoms with van der Waals surface area (Å²) < 4.78 is 23.2. The molecule has 0 unspecified atom stereocenters. The lowest BCUT2D eigenvalue weighted by atomic mass is 9.95. The number of carbonyl (C=O) groups excluding carboxylic acids is 1. The molecular formula is C16H25ClN2O3S2. The number of amides is 1. The van der Waals surface area contributed by atoms with Gasteiger partial charge < -0.3 is 10.6 Å². The molecule has 1 heterocycles. The van der Waals surface area contributed by atoms with Crippen LogP contribution in [-0.4, -0.2) is 44.7 Å². The fraction of sp³-hybridized carbons (Fsp3) is 0.562. The van der Waals surface area contributed by atoms with Crippen LogP contribution in [0.15, 0.2) is 23.1 Å². The highest BCUT2D eigenvalue weighted by Crippen LogP contribution is 2.28. The zero-order valence-electron chi connectivity index (χ0n) is 14.2. The summed E-state index contributed by atoms with van der Waals surface area (Å²) in [6.45, 7) is 3.46. The fourth-order valence-electron chi connectivity index (χ4n) is 2.93. The van der Waals surface area contributed by atoms with E-state index in [2.05, 4.69) is 16.7 Å². The molecule has 0 radical (unpaired) electrons. The number of aryl methyl sites for hydroxylation is 1. The molecule has 2 N–H and O–H groups in total. The van der Waals surface area contributed by atoms with Crippen molar-refractivity contribution in [2.75, 3.05) is 25.6 Å². The van der Waals surface area contributed by atoms with Crippen molar-refractivity contribution in [2.24, 2.45) is 0 Å². The third-order valence-corrected chi connectivity index (χ3v) is 7.25. The van der Waals surface area contributed by atoms with Gasteiger partial charge in [0.05, 0.1) is 0 Å². The van der Waals surface area contributed by atoms with E-state index in [1.807, 2.05) is 25.3 Å². The second-order valence-corrected chi connectivity index (χ2v) is 9.19. The van der Waals surface area contributed by atoms with E-state index in [0.29, 0.717) is 32.5 Å². The van der Waals surface area contributed by atoms with Crippen molar-refractivity contribution in [3.8, 4) is 0 Å². The van der Waals surface area contributed by atoms with E-state index < -0.39 is 14.6 Å². The third kappa shape index (κ3) is 4.45. The number of benzene rings is 1. The lowest BCUT2D eigenvalue weighted by Gasteiger charge is -2.34. The first-order chi connectivity index (χ1) is 10.8. The largest absolute Gasteiger partial charge is 0.351 e. The van der Waals surface area contributed by atoms with Gasteiger partial charge in [-0.25, -0.2) is 8.42 Å². The van der Waals surface area contributed by atoms with Crippen molar-refractivity contribution >= 4 is 39.9 Å². The summed E-state index contributed by atoms with van der Waals surface area (Å²) in [6, 6.07) is 6.05. The first-order valence-electron chi connectivity index (χ1n) is 7.62. The number of rotatable bonds is 5. The zero-order valence-corrected chi connectivity index (χ0v) is 16.7. The quantitative estimate of drug-likeness (QED) is 0.749. The second kappa shape index (κ2) is 8.56. The predicted octanol–water partition coefficient (Wildman–Crippen LogP) is 1.92. The van der Waals surface area contributed by atoms with Gasteiger partial charge in [-0.2, -0.15) is 0 Å². The van der Waals surface area contributed by atoms with Gasteiger partial charge in [-0.1, -0.05) is 12.1 Å². The highest BCUT2D eigenvalue weighted by molar-refractivity contribution is 7.98. The maximum atomic E-state index is 12.7. The number of hydrogen-bond donors (Lipinski definition) is 2. The Kier molecular flexibility index (Phi) is 7.59. The van der Waals surface area contributed by atoms with Crippen LogP contribution in [0.4, 0.5) is 0 Å². The van der Waals surface area contributed by atoms with Crippen LogP contribution in [0.25, 0.3) is 0 Å². The van der Waals surface area contributed by atoms with Crippen LogP contribution in [0, 0.1) is 6.92 Å². The Morgan fingerprint density at radius 3 is 2.50 bits per heavy atom. The molecule has 8 heteroatoms. The van der Waals surface area contributed by atoms with Crippen LogP contribution in [0.5, 0.6) is 0 Å². The Balaban J connectivity index is 0.00000288. The molecule has 5 nitrogen and oxygen atoms in total. The maximum absolute atomic E-state index is 12.7. The zero-order chi connectivity index (χ0) is 17.1. The molecule has 1 saturated heterocycles. The number of piperidine rings is 1. The Labute approximate surface area is 154 Å². The van der Waals surface area contributed by atoms with Gasteiger partial charge in [-0.05, 0) is 56.3 Å². The average Bonchev–Trinajstić information content (AvgIpc) is 2.52. The predicted molar refractivity (Wildman–Crippen MR) is 102 cm³/mol. The number of halogens is 1. The van der Waals surface area contributed by atoms with E-state index in [-0.39, 0.29) is 18.3 Å². The molecule has 1 aromatic rings. The number of hydrogen-bond acceptors (Lipinski definition) is 5. The highest BCUT2D eigenvalue weighted by atomic mass is 35.5. The van der Waals surface area contributed by atoms with Gasteiger partial charge in [0, 0.05) is 17.7 Å². The number of sulfone groups is 1. The first-order valence-corrected chi connectivity index (χ1v) is 10.7. The minimum absolute atomic E-state index is 0. The van der Waals surface area contributed by atoms with E-state index >= 15 is 0 Å². The molecule has 0 spiro atoms. The van der Waals surface area contributed by atoms with Crippen LogP contribution in [-0.2, 0) is 21.2 Å². The highest BCUT2D eigenvalue weighted by Gasteiger charge is 2.48. The van der Waals surface area contributed by atoms with E-state index in [1.54, 1.807) is 11.8 Å². The van der Waals surface area contributed by atoms with E-state index in [9.17, 15) is 13.2 Å². The van der Waals surface area contributed by atoms with Crippen LogP contribution < -0.4 is 10.6 Å². The van der Waals surface area contributed by atoms with Crippen molar-refractivity contribution in [3.63, 3.8) is 0 Å². The molecule has 1 aromatic carbocycles. The SMILES string of the molecule is CSc1cc(C)ccc1CNC(=O)C1(S(C)(=O)=O)CCNCC1.Cl. The Bertz CT molecular complexity index is 687. The number of nitrogens with one attached hydrogen (secondary N) is 2. The molecule has 0 bridgehead atoms. The van der Waals surface area contributed by atoms with Crippen LogP contribution in [0.3, 0.4) is 0 Å². The van der Waals surface area contributed by atoms with Crippen LogP contribution in [0.1, 0.15) is 24.0 Å². The van der Waals surface area contributed by atoms with Crippen LogP contribution in [0.2, 0.25) is 0 Å². The molecular weight excluding hydrogens is 368 g/mol. The molecule has 136 valence electrons. The average molecular weight is 393 g/mol. The van der Waals surface area contributed by atoms with Gasteiger partial charge in [-0.3, -0.25) is 4.79 Å². The molecule has 0 aliphatic carbocycles. The molecule has 2 rings (SSSR count). The lowest BCUT2D eigenvalue weighted by molar-refractivity contribution is -0.124. The summed E-state index contributed by atoms with van der Waals surface area (Å²) >= 11 is 1.62. The molecule has 1 amide bonds. The summed E-state index contributed by atoms with van der Waals surface area (Å²) in [5.41, 5.74) is 2.17. The van der Waals surface area contributed by atoms with Crippen molar-refractivity contribution in [3.05, 3.63) is 29.3 Å². The molecule has 1 fully saturated rings. The first kappa shape index (κ1) is 21.3. The summed E-state index contributed by atoms with van der Waals surface area (Å²) in [7, 11) is -3.47. The molecule has 0 aromatic heterocycles. The van der Waals surface area contributed by atoms with Crippen molar-refractivity contribution in [2.45, 2.75) is 36.0 Å². The molecule has 1 aliphatic heterocycles. The number of thioether (sulfide) groups is 1. The standard InChI is InChI=1S/C16H24N2O3S2.ClH/c1-12-4-5-13(14(10-12)22-2)11-18-15(19)16(23(3,20)21)6-8-17-9-7-16;/h4-5,10,17H,6-9,11H2,1-3H3,(H,18,19);1H. The van der Waals surface area contributed by atoms with Gasteiger partial charge in [0.25, 0.3) is 0 Å². The summed E-state index contributed by atoms with van der Waals surface area (Å²) in [4.78, 5) is 13.8. The number of carbonyl (C=O) groups is 1. The van der Waals surface area contributed by atoms with Gasteiger partial charge in [0.1, 0.15) is 0 Å². The van der Waals surface area contributed by atoms with Gasteiger partial charge in [-0.15, -0.1) is 24.2 Å². The molecule has 0 atom stereocenters. The summed E-state index contributed by atoms with van der Waals surface area (Å²) in [5.74, 6) is -0.380. The van der Waals surface area contributed by atoms with Crippen molar-refractivity contribution in [1.29, 1.82) is 0 Å². The summed E-state index contributed by atoms with van der Waals surface area (Å²) in [6.07, 6.45) is 3.80. The van der Waals surface area contributed by atoms with Crippen molar-refractivity contribution < 1.29 is 13.2 Å². The van der Waals surface area contributed by atoms with Gasteiger partial charge >= 0.3 is 0 Å². The Morgan fingerprint density at radius 1 is 1.33 bits per heavy atom. The van der Waals surface area contributed by atoms with Gasteiger partial charge in [0.15, 0.2) is 14.6 Å².